The zero-order valence-corrected chi connectivity index (χ0v) is 14.3. The molecule has 0 aliphatic heterocycles. The molecule has 0 amide bonds. The van der Waals surface area contributed by atoms with Crippen molar-refractivity contribution in [2.45, 2.75) is 46.5 Å². The standard InChI is InChI=1S/C18H26N2O3/c1-12(2)9-10-22-15-7-5-14(6-8-15)11-16(13(3)4)17-19-20-18(21)23-17/h5-8,12-13,16H,9-11H2,1-4H3,(H,20,21). The lowest BCUT2D eigenvalue weighted by molar-refractivity contribution is 0.289. The minimum atomic E-state index is -0.500. The second-order valence-electron chi connectivity index (χ2n) is 6.68. The van der Waals surface area contributed by atoms with Crippen LogP contribution in [0.2, 0.25) is 0 Å². The van der Waals surface area contributed by atoms with Gasteiger partial charge in [0, 0.05) is 5.92 Å². The SMILES string of the molecule is CC(C)CCOc1ccc(CC(c2n[nH]c(=O)o2)C(C)C)cc1. The zero-order valence-electron chi connectivity index (χ0n) is 14.3. The summed E-state index contributed by atoms with van der Waals surface area (Å²) in [6, 6.07) is 8.11. The largest absolute Gasteiger partial charge is 0.494 e. The number of rotatable bonds is 8. The molecule has 0 aliphatic carbocycles. The number of aromatic nitrogens is 2. The molecule has 1 aromatic heterocycles. The maximum atomic E-state index is 11.2. The number of hydrogen-bond donors (Lipinski definition) is 1. The molecule has 0 fully saturated rings. The van der Waals surface area contributed by atoms with Gasteiger partial charge in [0.25, 0.3) is 0 Å². The van der Waals surface area contributed by atoms with Gasteiger partial charge in [0.05, 0.1) is 6.61 Å². The summed E-state index contributed by atoms with van der Waals surface area (Å²) in [5.74, 6) is 1.90. The number of aromatic amines is 1. The normalized spacial score (nSPS) is 12.8. The molecule has 23 heavy (non-hydrogen) atoms. The number of nitrogens with zero attached hydrogens (tertiary/aromatic N) is 1. The zero-order chi connectivity index (χ0) is 16.8. The Balaban J connectivity index is 1.99. The van der Waals surface area contributed by atoms with Crippen molar-refractivity contribution in [3.05, 3.63) is 46.3 Å². The Hall–Kier alpha value is -2.04. The predicted molar refractivity (Wildman–Crippen MR) is 89.8 cm³/mol. The van der Waals surface area contributed by atoms with Gasteiger partial charge < -0.3 is 9.15 Å². The third-order valence-corrected chi connectivity index (χ3v) is 3.92. The summed E-state index contributed by atoms with van der Waals surface area (Å²) in [7, 11) is 0. The fourth-order valence-electron chi connectivity index (χ4n) is 2.40. The monoisotopic (exact) mass is 318 g/mol. The lowest BCUT2D eigenvalue weighted by Gasteiger charge is -2.17. The third-order valence-electron chi connectivity index (χ3n) is 3.92. The molecule has 0 saturated heterocycles. The van der Waals surface area contributed by atoms with Gasteiger partial charge in [-0.3, -0.25) is 0 Å². The summed E-state index contributed by atoms with van der Waals surface area (Å²) in [5, 5.41) is 6.32. The van der Waals surface area contributed by atoms with Crippen molar-refractivity contribution in [2.24, 2.45) is 11.8 Å². The first-order valence-corrected chi connectivity index (χ1v) is 8.23. The minimum absolute atomic E-state index is 0.0710. The second-order valence-corrected chi connectivity index (χ2v) is 6.68. The van der Waals surface area contributed by atoms with Crippen LogP contribution >= 0.6 is 0 Å². The maximum absolute atomic E-state index is 11.2. The molecule has 0 saturated carbocycles. The molecule has 0 bridgehead atoms. The van der Waals surface area contributed by atoms with E-state index in [1.165, 1.54) is 5.56 Å². The van der Waals surface area contributed by atoms with Crippen LogP contribution < -0.4 is 10.5 Å². The van der Waals surface area contributed by atoms with Gasteiger partial charge in [0.15, 0.2) is 0 Å². The second kappa shape index (κ2) is 7.99. The molecule has 1 N–H and O–H groups in total. The lowest BCUT2D eigenvalue weighted by Crippen LogP contribution is -2.11. The average Bonchev–Trinajstić information content (AvgIpc) is 2.92. The minimum Gasteiger partial charge on any atom is -0.494 e. The van der Waals surface area contributed by atoms with Gasteiger partial charge in [-0.05, 0) is 42.4 Å². The number of nitrogens with one attached hydrogen (secondary N) is 1. The molecule has 0 aliphatic rings. The van der Waals surface area contributed by atoms with Crippen molar-refractivity contribution in [3.63, 3.8) is 0 Å². The van der Waals surface area contributed by atoms with Crippen LogP contribution in [0.25, 0.3) is 0 Å². The van der Waals surface area contributed by atoms with Gasteiger partial charge in [-0.1, -0.05) is 39.8 Å². The molecule has 2 aromatic rings. The quantitative estimate of drug-likeness (QED) is 0.804. The predicted octanol–water partition coefficient (Wildman–Crippen LogP) is 3.77. The Labute approximate surface area is 137 Å². The molecule has 0 radical (unpaired) electrons. The van der Waals surface area contributed by atoms with E-state index in [0.717, 1.165) is 25.2 Å². The number of benzene rings is 1. The fourth-order valence-corrected chi connectivity index (χ4v) is 2.40. The Morgan fingerprint density at radius 3 is 2.39 bits per heavy atom. The van der Waals surface area contributed by atoms with Crippen molar-refractivity contribution >= 4 is 0 Å². The van der Waals surface area contributed by atoms with E-state index < -0.39 is 5.76 Å². The highest BCUT2D eigenvalue weighted by molar-refractivity contribution is 5.28. The van der Waals surface area contributed by atoms with E-state index >= 15 is 0 Å². The Bertz CT molecular complexity index is 641. The van der Waals surface area contributed by atoms with Crippen LogP contribution in [-0.4, -0.2) is 16.8 Å². The topological polar surface area (TPSA) is 68.1 Å². The first kappa shape index (κ1) is 17.3. The highest BCUT2D eigenvalue weighted by Crippen LogP contribution is 2.27. The first-order valence-electron chi connectivity index (χ1n) is 8.23. The van der Waals surface area contributed by atoms with Crippen LogP contribution in [0.3, 0.4) is 0 Å². The number of ether oxygens (including phenoxy) is 1. The van der Waals surface area contributed by atoms with E-state index in [4.69, 9.17) is 9.15 Å². The van der Waals surface area contributed by atoms with E-state index in [9.17, 15) is 4.79 Å². The van der Waals surface area contributed by atoms with E-state index in [1.54, 1.807) is 0 Å². The van der Waals surface area contributed by atoms with Gasteiger partial charge in [0.1, 0.15) is 5.75 Å². The van der Waals surface area contributed by atoms with Crippen LogP contribution in [-0.2, 0) is 6.42 Å². The van der Waals surface area contributed by atoms with Gasteiger partial charge in [-0.15, -0.1) is 5.10 Å². The molecular weight excluding hydrogens is 292 g/mol. The van der Waals surface area contributed by atoms with Gasteiger partial charge in [-0.25, -0.2) is 9.89 Å². The van der Waals surface area contributed by atoms with Crippen LogP contribution in [0, 0.1) is 11.8 Å². The average molecular weight is 318 g/mol. The van der Waals surface area contributed by atoms with Crippen LogP contribution in [0.5, 0.6) is 5.75 Å². The molecule has 0 spiro atoms. The first-order chi connectivity index (χ1) is 11.0. The molecule has 5 nitrogen and oxygen atoms in total. The van der Waals surface area contributed by atoms with Crippen LogP contribution in [0.1, 0.15) is 51.5 Å². The summed E-state index contributed by atoms with van der Waals surface area (Å²) < 4.78 is 10.9. The smallest absolute Gasteiger partial charge is 0.434 e. The van der Waals surface area contributed by atoms with E-state index in [1.807, 2.05) is 12.1 Å². The van der Waals surface area contributed by atoms with Crippen molar-refractivity contribution in [1.29, 1.82) is 0 Å². The van der Waals surface area contributed by atoms with Gasteiger partial charge >= 0.3 is 5.76 Å². The molecule has 2 rings (SSSR count). The van der Waals surface area contributed by atoms with Crippen molar-refractivity contribution in [1.82, 2.24) is 10.2 Å². The molecule has 5 heteroatoms. The molecular formula is C18H26N2O3. The summed E-state index contributed by atoms with van der Waals surface area (Å²) in [6.45, 7) is 9.31. The highest BCUT2D eigenvalue weighted by Gasteiger charge is 2.22. The molecule has 1 atom stereocenters. The van der Waals surface area contributed by atoms with E-state index in [2.05, 4.69) is 50.0 Å². The van der Waals surface area contributed by atoms with Gasteiger partial charge in [-0.2, -0.15) is 0 Å². The molecule has 1 aromatic carbocycles. The van der Waals surface area contributed by atoms with Crippen LogP contribution in [0.15, 0.2) is 33.5 Å². The number of H-pyrrole nitrogens is 1. The summed E-state index contributed by atoms with van der Waals surface area (Å²) >= 11 is 0. The molecule has 1 unspecified atom stereocenters. The molecule has 126 valence electrons. The van der Waals surface area contributed by atoms with Crippen LogP contribution in [0.4, 0.5) is 0 Å². The maximum Gasteiger partial charge on any atom is 0.434 e. The fraction of sp³-hybridized carbons (Fsp3) is 0.556. The Kier molecular flexibility index (Phi) is 6.02. The highest BCUT2D eigenvalue weighted by atomic mass is 16.5. The lowest BCUT2D eigenvalue weighted by atomic mass is 9.89. The van der Waals surface area contributed by atoms with E-state index in [0.29, 0.717) is 17.7 Å². The Morgan fingerprint density at radius 1 is 1.17 bits per heavy atom. The van der Waals surface area contributed by atoms with Gasteiger partial charge in [0.2, 0.25) is 5.89 Å². The van der Waals surface area contributed by atoms with Crippen molar-refractivity contribution < 1.29 is 9.15 Å². The summed E-state index contributed by atoms with van der Waals surface area (Å²) in [5.41, 5.74) is 1.17. The van der Waals surface area contributed by atoms with Crippen molar-refractivity contribution in [2.75, 3.05) is 6.61 Å². The Morgan fingerprint density at radius 2 is 1.87 bits per heavy atom. The summed E-state index contributed by atoms with van der Waals surface area (Å²) in [6.07, 6.45) is 1.83. The van der Waals surface area contributed by atoms with Crippen molar-refractivity contribution in [3.8, 4) is 5.75 Å². The summed E-state index contributed by atoms with van der Waals surface area (Å²) in [4.78, 5) is 11.2. The van der Waals surface area contributed by atoms with E-state index in [-0.39, 0.29) is 5.92 Å². The number of hydrogen-bond acceptors (Lipinski definition) is 4. The molecule has 1 heterocycles. The third kappa shape index (κ3) is 5.27.